The molecule has 0 aliphatic heterocycles. The molecule has 0 unspecified atom stereocenters. The van der Waals surface area contributed by atoms with Crippen LogP contribution in [0, 0.1) is 13.8 Å². The Bertz CT molecular complexity index is 1260. The van der Waals surface area contributed by atoms with Gasteiger partial charge >= 0.3 is 11.8 Å². The van der Waals surface area contributed by atoms with E-state index in [-0.39, 0.29) is 12.5 Å². The monoisotopic (exact) mass is 488 g/mol. The lowest BCUT2D eigenvalue weighted by atomic mass is 10.1. The molecule has 0 aliphatic rings. The molecule has 0 saturated heterocycles. The Labute approximate surface area is 209 Å². The molecule has 3 N–H and O–H groups in total. The number of hydrogen-bond acceptors (Lipinski definition) is 6. The first-order valence-electron chi connectivity index (χ1n) is 11.3. The first-order valence-corrected chi connectivity index (χ1v) is 11.3. The van der Waals surface area contributed by atoms with Crippen LogP contribution in [0.1, 0.15) is 23.6 Å². The zero-order valence-corrected chi connectivity index (χ0v) is 20.3. The lowest BCUT2D eigenvalue weighted by Crippen LogP contribution is -2.32. The minimum atomic E-state index is -0.916. The van der Waals surface area contributed by atoms with E-state index >= 15 is 0 Å². The van der Waals surface area contributed by atoms with Gasteiger partial charge in [0.1, 0.15) is 11.5 Å². The first kappa shape index (κ1) is 26.0. The van der Waals surface area contributed by atoms with E-state index < -0.39 is 11.8 Å². The summed E-state index contributed by atoms with van der Waals surface area (Å²) in [4.78, 5) is 36.6. The van der Waals surface area contributed by atoms with Gasteiger partial charge in [-0.2, -0.15) is 5.10 Å². The van der Waals surface area contributed by atoms with Crippen molar-refractivity contribution in [1.29, 1.82) is 0 Å². The van der Waals surface area contributed by atoms with Gasteiger partial charge in [-0.3, -0.25) is 14.4 Å². The topological polar surface area (TPSA) is 118 Å². The molecule has 0 atom stereocenters. The van der Waals surface area contributed by atoms with E-state index in [0.29, 0.717) is 29.3 Å². The van der Waals surface area contributed by atoms with Crippen molar-refractivity contribution in [2.75, 3.05) is 23.8 Å². The molecule has 36 heavy (non-hydrogen) atoms. The highest BCUT2D eigenvalue weighted by atomic mass is 16.5. The Balaban J connectivity index is 1.52. The Morgan fingerprint density at radius 3 is 2.36 bits per heavy atom. The summed E-state index contributed by atoms with van der Waals surface area (Å²) in [5.41, 5.74) is 5.75. The number of rotatable bonds is 9. The van der Waals surface area contributed by atoms with Gasteiger partial charge in [-0.05, 0) is 74.4 Å². The summed E-state index contributed by atoms with van der Waals surface area (Å²) in [5, 5.41) is 9.16. The fourth-order valence-electron chi connectivity index (χ4n) is 3.14. The molecule has 3 aromatic carbocycles. The van der Waals surface area contributed by atoms with E-state index in [9.17, 15) is 14.4 Å². The molecule has 0 saturated carbocycles. The number of carbonyl (C=O) groups is 3. The lowest BCUT2D eigenvalue weighted by molar-refractivity contribution is -0.136. The van der Waals surface area contributed by atoms with Crippen molar-refractivity contribution < 1.29 is 23.9 Å². The first-order chi connectivity index (χ1) is 17.4. The second-order valence-electron chi connectivity index (χ2n) is 7.73. The van der Waals surface area contributed by atoms with Crippen molar-refractivity contribution in [3.8, 4) is 11.5 Å². The molecule has 0 heterocycles. The van der Waals surface area contributed by atoms with Gasteiger partial charge in [0, 0.05) is 16.9 Å². The largest absolute Gasteiger partial charge is 0.494 e. The summed E-state index contributed by atoms with van der Waals surface area (Å²) < 4.78 is 11.0. The molecular weight excluding hydrogens is 460 g/mol. The van der Waals surface area contributed by atoms with Crippen molar-refractivity contribution in [2.45, 2.75) is 20.8 Å². The summed E-state index contributed by atoms with van der Waals surface area (Å²) in [6.07, 6.45) is 1.34. The SMILES string of the molecule is CCOc1ccc(NC(=O)COc2ccccc2/C=N\NC(=O)C(=O)Nc2cccc(C)c2C)cc1. The minimum absolute atomic E-state index is 0.233. The third-order valence-electron chi connectivity index (χ3n) is 5.16. The quantitative estimate of drug-likeness (QED) is 0.241. The fraction of sp³-hybridized carbons (Fsp3) is 0.185. The number of nitrogens with one attached hydrogen (secondary N) is 3. The van der Waals surface area contributed by atoms with Crippen LogP contribution >= 0.6 is 0 Å². The van der Waals surface area contributed by atoms with Crippen molar-refractivity contribution in [2.24, 2.45) is 5.10 Å². The maximum absolute atomic E-state index is 12.3. The molecule has 9 nitrogen and oxygen atoms in total. The molecular formula is C27H28N4O5. The number of hydrazone groups is 1. The zero-order chi connectivity index (χ0) is 25.9. The molecule has 0 fully saturated rings. The van der Waals surface area contributed by atoms with Gasteiger partial charge in [0.15, 0.2) is 6.61 Å². The third-order valence-corrected chi connectivity index (χ3v) is 5.16. The van der Waals surface area contributed by atoms with Gasteiger partial charge in [-0.1, -0.05) is 24.3 Å². The number of aryl methyl sites for hydroxylation is 1. The van der Waals surface area contributed by atoms with Crippen molar-refractivity contribution in [3.63, 3.8) is 0 Å². The normalized spacial score (nSPS) is 10.5. The highest BCUT2D eigenvalue weighted by molar-refractivity contribution is 6.39. The Kier molecular flexibility index (Phi) is 9.16. The minimum Gasteiger partial charge on any atom is -0.494 e. The lowest BCUT2D eigenvalue weighted by Gasteiger charge is -2.10. The van der Waals surface area contributed by atoms with Crippen LogP contribution in [0.2, 0.25) is 0 Å². The van der Waals surface area contributed by atoms with Crippen LogP contribution in [0.25, 0.3) is 0 Å². The molecule has 186 valence electrons. The van der Waals surface area contributed by atoms with Crippen LogP contribution in [0.5, 0.6) is 11.5 Å². The van der Waals surface area contributed by atoms with Crippen molar-refractivity contribution in [1.82, 2.24) is 5.43 Å². The van der Waals surface area contributed by atoms with E-state index in [1.165, 1.54) is 6.21 Å². The Hall–Kier alpha value is -4.66. The second kappa shape index (κ2) is 12.7. The van der Waals surface area contributed by atoms with Gasteiger partial charge in [0.25, 0.3) is 5.91 Å². The number of carbonyl (C=O) groups excluding carboxylic acids is 3. The van der Waals surface area contributed by atoms with Gasteiger partial charge in [-0.15, -0.1) is 0 Å². The number of hydrogen-bond donors (Lipinski definition) is 3. The molecule has 3 aromatic rings. The molecule has 0 bridgehead atoms. The average molecular weight is 489 g/mol. The molecule has 0 aromatic heterocycles. The number of ether oxygens (including phenoxy) is 2. The Morgan fingerprint density at radius 1 is 0.861 bits per heavy atom. The maximum Gasteiger partial charge on any atom is 0.329 e. The van der Waals surface area contributed by atoms with E-state index in [1.54, 1.807) is 60.7 Å². The molecule has 3 rings (SSSR count). The third kappa shape index (κ3) is 7.42. The number of amides is 3. The van der Waals surface area contributed by atoms with E-state index in [4.69, 9.17) is 9.47 Å². The molecule has 0 spiro atoms. The summed E-state index contributed by atoms with van der Waals surface area (Å²) in [7, 11) is 0. The van der Waals surface area contributed by atoms with Crippen LogP contribution < -0.4 is 25.5 Å². The van der Waals surface area contributed by atoms with Gasteiger partial charge in [-0.25, -0.2) is 5.43 Å². The molecule has 0 radical (unpaired) electrons. The predicted octanol–water partition coefficient (Wildman–Crippen LogP) is 3.81. The number of anilines is 2. The van der Waals surface area contributed by atoms with Crippen molar-refractivity contribution >= 4 is 35.3 Å². The van der Waals surface area contributed by atoms with Crippen LogP contribution in [0.15, 0.2) is 71.8 Å². The molecule has 9 heteroatoms. The predicted molar refractivity (Wildman–Crippen MR) is 138 cm³/mol. The van der Waals surface area contributed by atoms with Crippen molar-refractivity contribution in [3.05, 3.63) is 83.4 Å². The zero-order valence-electron chi connectivity index (χ0n) is 20.3. The van der Waals surface area contributed by atoms with Gasteiger partial charge < -0.3 is 20.1 Å². The van der Waals surface area contributed by atoms with E-state index in [1.807, 2.05) is 26.8 Å². The van der Waals surface area contributed by atoms with Crippen LogP contribution in [0.4, 0.5) is 11.4 Å². The van der Waals surface area contributed by atoms with Crippen LogP contribution in [-0.2, 0) is 14.4 Å². The number of nitrogens with zero attached hydrogens (tertiary/aromatic N) is 1. The standard InChI is InChI=1S/C27H28N4O5/c1-4-35-22-14-12-21(13-15-22)29-25(32)17-36-24-11-6-5-9-20(24)16-28-31-27(34)26(33)30-23-10-7-8-18(2)19(23)3/h5-16H,4,17H2,1-3H3,(H,29,32)(H,30,33)(H,31,34)/b28-16-. The van der Waals surface area contributed by atoms with Crippen LogP contribution in [-0.4, -0.2) is 37.1 Å². The highest BCUT2D eigenvalue weighted by Gasteiger charge is 2.14. The summed E-state index contributed by atoms with van der Waals surface area (Å²) in [6, 6.07) is 19.3. The fourth-order valence-corrected chi connectivity index (χ4v) is 3.14. The van der Waals surface area contributed by atoms with Gasteiger partial charge in [0.05, 0.1) is 12.8 Å². The van der Waals surface area contributed by atoms with E-state index in [0.717, 1.165) is 16.9 Å². The second-order valence-corrected chi connectivity index (χ2v) is 7.73. The van der Waals surface area contributed by atoms with Crippen LogP contribution in [0.3, 0.4) is 0 Å². The average Bonchev–Trinajstić information content (AvgIpc) is 2.87. The highest BCUT2D eigenvalue weighted by Crippen LogP contribution is 2.19. The molecule has 3 amide bonds. The van der Waals surface area contributed by atoms with E-state index in [2.05, 4.69) is 21.2 Å². The Morgan fingerprint density at radius 2 is 1.61 bits per heavy atom. The summed E-state index contributed by atoms with van der Waals surface area (Å²) >= 11 is 0. The summed E-state index contributed by atoms with van der Waals surface area (Å²) in [6.45, 7) is 6.00. The number of benzene rings is 3. The molecule has 0 aliphatic carbocycles. The smallest absolute Gasteiger partial charge is 0.329 e. The van der Waals surface area contributed by atoms with Gasteiger partial charge in [0.2, 0.25) is 0 Å². The number of para-hydroxylation sites is 1. The summed E-state index contributed by atoms with van der Waals surface area (Å²) in [5.74, 6) is -0.994. The maximum atomic E-state index is 12.3.